The lowest BCUT2D eigenvalue weighted by atomic mass is 10.1. The number of amides is 1. The van der Waals surface area contributed by atoms with Crippen LogP contribution in [-0.4, -0.2) is 32.5 Å². The largest absolute Gasteiger partial charge is 0.495 e. The van der Waals surface area contributed by atoms with Gasteiger partial charge in [0.2, 0.25) is 10.0 Å². The first-order chi connectivity index (χ1) is 15.5. The van der Waals surface area contributed by atoms with Gasteiger partial charge < -0.3 is 14.8 Å². The van der Waals surface area contributed by atoms with E-state index in [0.717, 1.165) is 18.4 Å². The second kappa shape index (κ2) is 9.37. The van der Waals surface area contributed by atoms with Crippen LogP contribution >= 0.6 is 0 Å². The number of para-hydroxylation sites is 1. The normalized spacial score (nSPS) is 13.4. The van der Waals surface area contributed by atoms with Crippen molar-refractivity contribution in [2.24, 2.45) is 0 Å². The average Bonchev–Trinajstić information content (AvgIpc) is 3.62. The first-order valence-electron chi connectivity index (χ1n) is 10.1. The summed E-state index contributed by atoms with van der Waals surface area (Å²) in [6, 6.07) is 14.8. The maximum absolute atomic E-state index is 13.0. The highest BCUT2D eigenvalue weighted by Gasteiger charge is 2.28. The van der Waals surface area contributed by atoms with Crippen LogP contribution in [0.2, 0.25) is 0 Å². The lowest BCUT2D eigenvalue weighted by Crippen LogP contribution is -2.26. The highest BCUT2D eigenvalue weighted by molar-refractivity contribution is 7.89. The Labute approximate surface area is 186 Å². The summed E-state index contributed by atoms with van der Waals surface area (Å²) < 4.78 is 38.9. The number of hydrogen-bond donors (Lipinski definition) is 2. The van der Waals surface area contributed by atoms with E-state index in [1.54, 1.807) is 36.7 Å². The molecule has 2 aromatic carbocycles. The molecule has 9 heteroatoms. The molecule has 0 aliphatic heterocycles. The fourth-order valence-corrected chi connectivity index (χ4v) is 4.38. The summed E-state index contributed by atoms with van der Waals surface area (Å²) in [5.41, 5.74) is 1.48. The summed E-state index contributed by atoms with van der Waals surface area (Å²) in [6.07, 6.45) is 5.00. The summed E-state index contributed by atoms with van der Waals surface area (Å²) in [6.45, 7) is 0.275. The maximum atomic E-state index is 13.0. The van der Waals surface area contributed by atoms with Crippen LogP contribution in [0.25, 0.3) is 0 Å². The monoisotopic (exact) mass is 453 g/mol. The highest BCUT2D eigenvalue weighted by atomic mass is 32.2. The first-order valence-corrected chi connectivity index (χ1v) is 11.6. The van der Waals surface area contributed by atoms with Gasteiger partial charge in [-0.3, -0.25) is 9.78 Å². The van der Waals surface area contributed by atoms with Crippen molar-refractivity contribution >= 4 is 21.6 Å². The Hall–Kier alpha value is -3.43. The minimum absolute atomic E-state index is 0.0236. The Kier molecular flexibility index (Phi) is 6.38. The Morgan fingerprint density at radius 2 is 1.81 bits per heavy atom. The number of aromatic nitrogens is 1. The number of rotatable bonds is 9. The number of hydrogen-bond acceptors (Lipinski definition) is 6. The van der Waals surface area contributed by atoms with Crippen molar-refractivity contribution < 1.29 is 22.7 Å². The Balaban J connectivity index is 1.55. The van der Waals surface area contributed by atoms with Gasteiger partial charge >= 0.3 is 0 Å². The van der Waals surface area contributed by atoms with Gasteiger partial charge in [0, 0.05) is 18.4 Å². The summed E-state index contributed by atoms with van der Waals surface area (Å²) in [4.78, 5) is 17.1. The smallest absolute Gasteiger partial charge is 0.259 e. The summed E-state index contributed by atoms with van der Waals surface area (Å²) in [7, 11) is -2.23. The van der Waals surface area contributed by atoms with Crippen molar-refractivity contribution in [2.75, 3.05) is 12.4 Å². The molecule has 166 valence electrons. The molecule has 1 amide bonds. The Bertz CT molecular complexity index is 1210. The van der Waals surface area contributed by atoms with Crippen molar-refractivity contribution in [3.05, 3.63) is 78.1 Å². The van der Waals surface area contributed by atoms with Gasteiger partial charge in [-0.2, -0.15) is 0 Å². The Morgan fingerprint density at radius 3 is 2.53 bits per heavy atom. The molecule has 1 aliphatic carbocycles. The van der Waals surface area contributed by atoms with Gasteiger partial charge in [-0.15, -0.1) is 0 Å². The van der Waals surface area contributed by atoms with Crippen LogP contribution in [-0.2, 0) is 16.6 Å². The number of sulfonamides is 1. The predicted octanol–water partition coefficient (Wildman–Crippen LogP) is 3.36. The third-order valence-corrected chi connectivity index (χ3v) is 6.42. The van der Waals surface area contributed by atoms with E-state index in [1.807, 2.05) is 12.1 Å². The number of pyridine rings is 1. The van der Waals surface area contributed by atoms with Crippen LogP contribution in [0.5, 0.6) is 11.5 Å². The summed E-state index contributed by atoms with van der Waals surface area (Å²) in [5, 5.41) is 2.75. The molecule has 0 bridgehead atoms. The van der Waals surface area contributed by atoms with E-state index < -0.39 is 15.9 Å². The van der Waals surface area contributed by atoms with E-state index in [-0.39, 0.29) is 23.2 Å². The van der Waals surface area contributed by atoms with Crippen molar-refractivity contribution in [3.63, 3.8) is 0 Å². The number of nitrogens with one attached hydrogen (secondary N) is 2. The third-order valence-electron chi connectivity index (χ3n) is 4.90. The molecule has 1 aliphatic rings. The van der Waals surface area contributed by atoms with Crippen molar-refractivity contribution in [3.8, 4) is 11.5 Å². The number of methoxy groups -OCH3 is 1. The van der Waals surface area contributed by atoms with Gasteiger partial charge in [0.15, 0.2) is 0 Å². The molecule has 2 N–H and O–H groups in total. The van der Waals surface area contributed by atoms with Gasteiger partial charge in [-0.1, -0.05) is 12.1 Å². The molecular formula is C23H23N3O5S. The van der Waals surface area contributed by atoms with Gasteiger partial charge in [0.25, 0.3) is 5.91 Å². The molecule has 0 radical (unpaired) electrons. The molecule has 0 atom stereocenters. The minimum Gasteiger partial charge on any atom is -0.495 e. The quantitative estimate of drug-likeness (QED) is 0.515. The van der Waals surface area contributed by atoms with Crippen molar-refractivity contribution in [2.45, 2.75) is 30.4 Å². The molecular weight excluding hydrogens is 430 g/mol. The number of carbonyl (C=O) groups is 1. The number of nitrogens with zero attached hydrogens (tertiary/aromatic N) is 1. The molecule has 1 fully saturated rings. The fourth-order valence-electron chi connectivity index (χ4n) is 3.05. The van der Waals surface area contributed by atoms with E-state index >= 15 is 0 Å². The van der Waals surface area contributed by atoms with E-state index in [9.17, 15) is 13.2 Å². The fraction of sp³-hybridized carbons (Fsp3) is 0.217. The third kappa shape index (κ3) is 5.24. The van der Waals surface area contributed by atoms with Gasteiger partial charge in [-0.25, -0.2) is 13.1 Å². The highest BCUT2D eigenvalue weighted by Crippen LogP contribution is 2.30. The van der Waals surface area contributed by atoms with Crippen LogP contribution < -0.4 is 19.5 Å². The average molecular weight is 454 g/mol. The van der Waals surface area contributed by atoms with Crippen LogP contribution in [0, 0.1) is 0 Å². The molecule has 0 spiro atoms. The topological polar surface area (TPSA) is 107 Å². The molecule has 1 heterocycles. The van der Waals surface area contributed by atoms with Crippen LogP contribution in [0.4, 0.5) is 5.69 Å². The van der Waals surface area contributed by atoms with Crippen LogP contribution in [0.15, 0.2) is 71.9 Å². The molecule has 0 unspecified atom stereocenters. The zero-order valence-electron chi connectivity index (χ0n) is 17.4. The summed E-state index contributed by atoms with van der Waals surface area (Å²) >= 11 is 0. The van der Waals surface area contributed by atoms with E-state index in [1.165, 1.54) is 25.3 Å². The molecule has 1 aromatic heterocycles. The van der Waals surface area contributed by atoms with Crippen LogP contribution in [0.3, 0.4) is 0 Å². The molecule has 0 saturated heterocycles. The summed E-state index contributed by atoms with van der Waals surface area (Å²) in [5.74, 6) is 0.303. The number of carbonyl (C=O) groups excluding carboxylic acids is 1. The van der Waals surface area contributed by atoms with E-state index in [2.05, 4.69) is 15.0 Å². The van der Waals surface area contributed by atoms with Crippen LogP contribution in [0.1, 0.15) is 28.8 Å². The standard InChI is InChI=1S/C23H23N3O5S/c1-30-22-9-8-18(32(28,29)26-17-6-7-17)14-20(22)25-23(27)19-4-2-3-5-21(19)31-15-16-10-12-24-13-11-16/h2-5,8-14,17,26H,6-7,15H2,1H3,(H,25,27). The Morgan fingerprint density at radius 1 is 1.06 bits per heavy atom. The molecule has 8 nitrogen and oxygen atoms in total. The lowest BCUT2D eigenvalue weighted by molar-refractivity contribution is 0.102. The lowest BCUT2D eigenvalue weighted by Gasteiger charge is -2.15. The van der Waals surface area contributed by atoms with Gasteiger partial charge in [0.1, 0.15) is 18.1 Å². The SMILES string of the molecule is COc1ccc(S(=O)(=O)NC2CC2)cc1NC(=O)c1ccccc1OCc1ccncc1. The predicted molar refractivity (Wildman–Crippen MR) is 119 cm³/mol. The van der Waals surface area contributed by atoms with E-state index in [4.69, 9.17) is 9.47 Å². The van der Waals surface area contributed by atoms with E-state index in [0.29, 0.717) is 17.1 Å². The molecule has 3 aromatic rings. The molecule has 32 heavy (non-hydrogen) atoms. The first kappa shape index (κ1) is 21.8. The van der Waals surface area contributed by atoms with Crippen molar-refractivity contribution in [1.82, 2.24) is 9.71 Å². The number of anilines is 1. The zero-order valence-corrected chi connectivity index (χ0v) is 18.3. The zero-order chi connectivity index (χ0) is 22.6. The van der Waals surface area contributed by atoms with Gasteiger partial charge in [0.05, 0.1) is 23.3 Å². The number of benzene rings is 2. The second-order valence-corrected chi connectivity index (χ2v) is 9.07. The molecule has 1 saturated carbocycles. The van der Waals surface area contributed by atoms with Gasteiger partial charge in [-0.05, 0) is 60.9 Å². The molecule has 4 rings (SSSR count). The number of ether oxygens (including phenoxy) is 2. The minimum atomic E-state index is -3.68. The van der Waals surface area contributed by atoms with Crippen molar-refractivity contribution in [1.29, 1.82) is 0 Å². The maximum Gasteiger partial charge on any atom is 0.259 e. The second-order valence-electron chi connectivity index (χ2n) is 7.35.